The molecule has 0 spiro atoms. The molecule has 108 valence electrons. The van der Waals surface area contributed by atoms with E-state index in [9.17, 15) is 4.79 Å². The van der Waals surface area contributed by atoms with Crippen LogP contribution in [0.4, 0.5) is 5.82 Å². The van der Waals surface area contributed by atoms with E-state index in [0.29, 0.717) is 0 Å². The van der Waals surface area contributed by atoms with Crippen LogP contribution in [0.3, 0.4) is 0 Å². The van der Waals surface area contributed by atoms with Crippen LogP contribution in [0, 0.1) is 13.8 Å². The van der Waals surface area contributed by atoms with Crippen LogP contribution in [0.5, 0.6) is 0 Å². The third-order valence-corrected chi connectivity index (χ3v) is 3.11. The van der Waals surface area contributed by atoms with Gasteiger partial charge in [-0.05, 0) is 20.3 Å². The molecule has 1 fully saturated rings. The Labute approximate surface area is 124 Å². The van der Waals surface area contributed by atoms with Crippen molar-refractivity contribution in [3.63, 3.8) is 0 Å². The molecule has 0 saturated carbocycles. The van der Waals surface area contributed by atoms with Gasteiger partial charge in [0.15, 0.2) is 0 Å². The van der Waals surface area contributed by atoms with Gasteiger partial charge in [-0.25, -0.2) is 9.97 Å². The summed E-state index contributed by atoms with van der Waals surface area (Å²) in [7, 11) is 0. The van der Waals surface area contributed by atoms with E-state index in [2.05, 4.69) is 14.9 Å². The zero-order chi connectivity index (χ0) is 12.6. The number of halogens is 2. The third-order valence-electron chi connectivity index (χ3n) is 3.11. The second kappa shape index (κ2) is 6.88. The van der Waals surface area contributed by atoms with Gasteiger partial charge in [0.25, 0.3) is 5.91 Å². The van der Waals surface area contributed by atoms with Gasteiger partial charge in [-0.2, -0.15) is 0 Å². The molecular formula is C11H19Cl2N5O. The highest BCUT2D eigenvalue weighted by Gasteiger charge is 2.23. The maximum atomic E-state index is 11.1. The molecule has 6 nitrogen and oxygen atoms in total. The van der Waals surface area contributed by atoms with Gasteiger partial charge >= 0.3 is 0 Å². The Kier molecular flexibility index (Phi) is 6.48. The fraction of sp³-hybridized carbons (Fsp3) is 0.545. The van der Waals surface area contributed by atoms with Crippen LogP contribution < -0.4 is 16.4 Å². The number of carbonyl (C=O) groups excluding carboxylic acids is 1. The first-order valence-corrected chi connectivity index (χ1v) is 5.64. The zero-order valence-electron chi connectivity index (χ0n) is 10.9. The van der Waals surface area contributed by atoms with E-state index in [1.165, 1.54) is 0 Å². The standard InChI is InChI=1S/C11H17N5O.2ClH/c1-6-7(2)14-10(9(13)17)15-11(6)16-4-3-8(12)5-16;;/h8H,3-5,12H2,1-2H3,(H2,13,17);2*1H/t8-;;/m1../s1. The van der Waals surface area contributed by atoms with Crippen LogP contribution in [-0.2, 0) is 0 Å². The van der Waals surface area contributed by atoms with Gasteiger partial charge in [-0.15, -0.1) is 24.8 Å². The maximum Gasteiger partial charge on any atom is 0.286 e. The van der Waals surface area contributed by atoms with Crippen LogP contribution >= 0.6 is 24.8 Å². The van der Waals surface area contributed by atoms with Crippen molar-refractivity contribution in [1.29, 1.82) is 0 Å². The molecule has 1 amide bonds. The zero-order valence-corrected chi connectivity index (χ0v) is 12.6. The second-order valence-corrected chi connectivity index (χ2v) is 4.44. The summed E-state index contributed by atoms with van der Waals surface area (Å²) in [6.45, 7) is 5.41. The molecule has 2 rings (SSSR count). The molecule has 4 N–H and O–H groups in total. The SMILES string of the molecule is Cc1nc(C(N)=O)nc(N2CC[C@@H](N)C2)c1C.Cl.Cl. The van der Waals surface area contributed by atoms with E-state index >= 15 is 0 Å². The summed E-state index contributed by atoms with van der Waals surface area (Å²) in [4.78, 5) is 21.5. The van der Waals surface area contributed by atoms with Crippen molar-refractivity contribution in [2.75, 3.05) is 18.0 Å². The number of nitrogens with two attached hydrogens (primary N) is 2. The molecule has 1 aromatic heterocycles. The maximum absolute atomic E-state index is 11.1. The minimum absolute atomic E-state index is 0. The van der Waals surface area contributed by atoms with E-state index in [4.69, 9.17) is 11.5 Å². The number of amides is 1. The Morgan fingerprint density at radius 1 is 1.32 bits per heavy atom. The second-order valence-electron chi connectivity index (χ2n) is 4.44. The number of anilines is 1. The Balaban J connectivity index is 0.00000162. The average Bonchev–Trinajstić information content (AvgIpc) is 2.68. The smallest absolute Gasteiger partial charge is 0.286 e. The largest absolute Gasteiger partial charge is 0.363 e. The predicted molar refractivity (Wildman–Crippen MR) is 79.3 cm³/mol. The molecule has 0 aliphatic carbocycles. The summed E-state index contributed by atoms with van der Waals surface area (Å²) < 4.78 is 0. The van der Waals surface area contributed by atoms with Crippen LogP contribution in [0.25, 0.3) is 0 Å². The molecule has 2 heterocycles. The summed E-state index contributed by atoms with van der Waals surface area (Å²) in [6, 6.07) is 0.168. The normalized spacial score (nSPS) is 17.6. The van der Waals surface area contributed by atoms with E-state index in [1.807, 2.05) is 13.8 Å². The van der Waals surface area contributed by atoms with Gasteiger partial charge < -0.3 is 16.4 Å². The Morgan fingerprint density at radius 3 is 2.42 bits per heavy atom. The van der Waals surface area contributed by atoms with Crippen molar-refractivity contribution in [2.45, 2.75) is 26.3 Å². The summed E-state index contributed by atoms with van der Waals surface area (Å²) in [5.41, 5.74) is 12.8. The summed E-state index contributed by atoms with van der Waals surface area (Å²) in [5.74, 6) is 0.251. The molecule has 1 atom stereocenters. The summed E-state index contributed by atoms with van der Waals surface area (Å²) in [6.07, 6.45) is 0.939. The lowest BCUT2D eigenvalue weighted by atomic mass is 10.2. The topological polar surface area (TPSA) is 98.1 Å². The molecule has 19 heavy (non-hydrogen) atoms. The molecule has 0 radical (unpaired) electrons. The predicted octanol–water partition coefficient (Wildman–Crippen LogP) is 0.573. The number of rotatable bonds is 2. The summed E-state index contributed by atoms with van der Waals surface area (Å²) in [5, 5.41) is 0. The lowest BCUT2D eigenvalue weighted by Crippen LogP contribution is -2.29. The van der Waals surface area contributed by atoms with E-state index in [0.717, 1.165) is 36.6 Å². The average molecular weight is 308 g/mol. The number of hydrogen-bond acceptors (Lipinski definition) is 5. The van der Waals surface area contributed by atoms with Gasteiger partial charge in [0.2, 0.25) is 5.82 Å². The van der Waals surface area contributed by atoms with Gasteiger partial charge in [0.1, 0.15) is 5.82 Å². The number of carbonyl (C=O) groups is 1. The lowest BCUT2D eigenvalue weighted by molar-refractivity contribution is 0.0990. The number of aromatic nitrogens is 2. The molecule has 1 saturated heterocycles. The van der Waals surface area contributed by atoms with Crippen LogP contribution in [-0.4, -0.2) is 35.0 Å². The Hall–Kier alpha value is -1.11. The van der Waals surface area contributed by atoms with Crippen molar-refractivity contribution in [3.05, 3.63) is 17.1 Å². The van der Waals surface area contributed by atoms with Gasteiger partial charge in [-0.1, -0.05) is 0 Å². The fourth-order valence-corrected chi connectivity index (χ4v) is 2.01. The number of nitrogens with zero attached hydrogens (tertiary/aromatic N) is 3. The minimum Gasteiger partial charge on any atom is -0.363 e. The Morgan fingerprint density at radius 2 is 1.95 bits per heavy atom. The molecular weight excluding hydrogens is 289 g/mol. The van der Waals surface area contributed by atoms with Gasteiger partial charge in [0, 0.05) is 30.4 Å². The number of primary amides is 1. The van der Waals surface area contributed by atoms with Crippen LogP contribution in [0.15, 0.2) is 0 Å². The molecule has 0 aromatic carbocycles. The first-order chi connectivity index (χ1) is 7.99. The fourth-order valence-electron chi connectivity index (χ4n) is 2.01. The highest BCUT2D eigenvalue weighted by atomic mass is 35.5. The number of hydrogen-bond donors (Lipinski definition) is 2. The van der Waals surface area contributed by atoms with Gasteiger partial charge in [0.05, 0.1) is 0 Å². The number of aryl methyl sites for hydroxylation is 1. The molecule has 8 heteroatoms. The van der Waals surface area contributed by atoms with E-state index in [1.54, 1.807) is 0 Å². The first-order valence-electron chi connectivity index (χ1n) is 5.64. The summed E-state index contributed by atoms with van der Waals surface area (Å²) >= 11 is 0. The third kappa shape index (κ3) is 3.68. The van der Waals surface area contributed by atoms with Crippen molar-refractivity contribution < 1.29 is 4.79 Å². The molecule has 0 bridgehead atoms. The van der Waals surface area contributed by atoms with Crippen molar-refractivity contribution >= 4 is 36.5 Å². The molecule has 0 unspecified atom stereocenters. The van der Waals surface area contributed by atoms with Crippen molar-refractivity contribution in [3.8, 4) is 0 Å². The molecule has 1 aliphatic rings. The Bertz CT molecular complexity index is 469. The highest BCUT2D eigenvalue weighted by molar-refractivity contribution is 5.89. The highest BCUT2D eigenvalue weighted by Crippen LogP contribution is 2.23. The molecule has 1 aliphatic heterocycles. The van der Waals surface area contributed by atoms with Gasteiger partial charge in [-0.3, -0.25) is 4.79 Å². The van der Waals surface area contributed by atoms with Crippen LogP contribution in [0.2, 0.25) is 0 Å². The lowest BCUT2D eigenvalue weighted by Gasteiger charge is -2.20. The van der Waals surface area contributed by atoms with E-state index < -0.39 is 5.91 Å². The minimum atomic E-state index is -0.599. The quantitative estimate of drug-likeness (QED) is 0.832. The van der Waals surface area contributed by atoms with Crippen LogP contribution in [0.1, 0.15) is 28.3 Å². The molecule has 1 aromatic rings. The monoisotopic (exact) mass is 307 g/mol. The van der Waals surface area contributed by atoms with E-state index in [-0.39, 0.29) is 36.7 Å². The first kappa shape index (κ1) is 17.9. The van der Waals surface area contributed by atoms with Crippen molar-refractivity contribution in [1.82, 2.24) is 9.97 Å². The van der Waals surface area contributed by atoms with Crippen molar-refractivity contribution in [2.24, 2.45) is 11.5 Å².